The van der Waals surface area contributed by atoms with Gasteiger partial charge in [0.2, 0.25) is 11.8 Å². The quantitative estimate of drug-likeness (QED) is 0.581. The minimum Gasteiger partial charge on any atom is -0.492 e. The van der Waals surface area contributed by atoms with Crippen LogP contribution in [0.2, 0.25) is 0 Å². The number of rotatable bonds is 7. The second-order valence-corrected chi connectivity index (χ2v) is 3.87. The first-order valence-corrected chi connectivity index (χ1v) is 5.69. The Morgan fingerprint density at radius 1 is 1.42 bits per heavy atom. The highest BCUT2D eigenvalue weighted by Crippen LogP contribution is 2.11. The van der Waals surface area contributed by atoms with Gasteiger partial charge in [-0.3, -0.25) is 9.59 Å². The van der Waals surface area contributed by atoms with Crippen molar-refractivity contribution in [2.45, 2.75) is 12.5 Å². The molecule has 5 N–H and O–H groups in total. The molecule has 0 saturated heterocycles. The Balaban J connectivity index is 2.23. The highest BCUT2D eigenvalue weighted by molar-refractivity contribution is 5.87. The molecular weight excluding hydrogens is 253 g/mol. The largest absolute Gasteiger partial charge is 0.492 e. The molecule has 0 unspecified atom stereocenters. The summed E-state index contributed by atoms with van der Waals surface area (Å²) < 4.78 is 18.0. The van der Waals surface area contributed by atoms with Crippen molar-refractivity contribution < 1.29 is 18.7 Å². The summed E-state index contributed by atoms with van der Waals surface area (Å²) in [7, 11) is 0. The number of nitrogens with one attached hydrogen (secondary N) is 1. The van der Waals surface area contributed by atoms with Gasteiger partial charge in [-0.15, -0.1) is 0 Å². The number of hydrogen-bond acceptors (Lipinski definition) is 4. The van der Waals surface area contributed by atoms with E-state index >= 15 is 0 Å². The van der Waals surface area contributed by atoms with Gasteiger partial charge in [-0.2, -0.15) is 0 Å². The van der Waals surface area contributed by atoms with Gasteiger partial charge < -0.3 is 21.5 Å². The van der Waals surface area contributed by atoms with Crippen LogP contribution in [-0.2, 0) is 9.59 Å². The molecule has 19 heavy (non-hydrogen) atoms. The van der Waals surface area contributed by atoms with Crippen LogP contribution >= 0.6 is 0 Å². The summed E-state index contributed by atoms with van der Waals surface area (Å²) >= 11 is 0. The lowest BCUT2D eigenvalue weighted by Crippen LogP contribution is -2.44. The van der Waals surface area contributed by atoms with Crippen LogP contribution in [0.25, 0.3) is 0 Å². The summed E-state index contributed by atoms with van der Waals surface area (Å²) in [5.41, 5.74) is 10.3. The van der Waals surface area contributed by atoms with Crippen molar-refractivity contribution in [3.05, 3.63) is 30.1 Å². The van der Waals surface area contributed by atoms with Crippen molar-refractivity contribution in [1.29, 1.82) is 0 Å². The van der Waals surface area contributed by atoms with Crippen LogP contribution in [0.5, 0.6) is 5.75 Å². The lowest BCUT2D eigenvalue weighted by molar-refractivity contribution is -0.126. The molecule has 0 radical (unpaired) electrons. The smallest absolute Gasteiger partial charge is 0.237 e. The second-order valence-electron chi connectivity index (χ2n) is 3.87. The van der Waals surface area contributed by atoms with E-state index in [9.17, 15) is 14.0 Å². The highest BCUT2D eigenvalue weighted by atomic mass is 19.1. The zero-order valence-corrected chi connectivity index (χ0v) is 10.3. The molecule has 6 nitrogen and oxygen atoms in total. The summed E-state index contributed by atoms with van der Waals surface area (Å²) in [4.78, 5) is 21.9. The summed E-state index contributed by atoms with van der Waals surface area (Å²) in [6.07, 6.45) is -0.212. The van der Waals surface area contributed by atoms with Crippen molar-refractivity contribution >= 4 is 11.8 Å². The van der Waals surface area contributed by atoms with E-state index in [0.717, 1.165) is 0 Å². The molecule has 0 saturated carbocycles. The molecule has 0 aliphatic heterocycles. The van der Waals surface area contributed by atoms with E-state index in [1.54, 1.807) is 6.07 Å². The van der Waals surface area contributed by atoms with Gasteiger partial charge in [0.25, 0.3) is 0 Å². The predicted octanol–water partition coefficient (Wildman–Crippen LogP) is -0.477. The van der Waals surface area contributed by atoms with Gasteiger partial charge in [-0.25, -0.2) is 4.39 Å². The fraction of sp³-hybridized carbons (Fsp3) is 0.333. The fourth-order valence-electron chi connectivity index (χ4n) is 1.34. The molecule has 1 rings (SSSR count). The minimum atomic E-state index is -0.966. The molecule has 1 atom stereocenters. The van der Waals surface area contributed by atoms with Gasteiger partial charge in [0, 0.05) is 6.07 Å². The first kappa shape index (κ1) is 14.9. The first-order valence-electron chi connectivity index (χ1n) is 5.69. The molecule has 0 aromatic heterocycles. The third-order valence-corrected chi connectivity index (χ3v) is 2.22. The molecule has 1 aromatic carbocycles. The molecule has 0 spiro atoms. The number of carbonyl (C=O) groups excluding carboxylic acids is 2. The monoisotopic (exact) mass is 269 g/mol. The zero-order valence-electron chi connectivity index (χ0n) is 10.3. The van der Waals surface area contributed by atoms with E-state index in [1.807, 2.05) is 0 Å². The van der Waals surface area contributed by atoms with E-state index in [0.29, 0.717) is 5.75 Å². The van der Waals surface area contributed by atoms with Crippen LogP contribution in [0.4, 0.5) is 4.39 Å². The Bertz CT molecular complexity index is 454. The molecule has 0 aliphatic rings. The first-order chi connectivity index (χ1) is 8.99. The Hall–Kier alpha value is -2.15. The maximum Gasteiger partial charge on any atom is 0.237 e. The van der Waals surface area contributed by atoms with Crippen molar-refractivity contribution in [3.8, 4) is 5.75 Å². The van der Waals surface area contributed by atoms with E-state index < -0.39 is 23.7 Å². The second kappa shape index (κ2) is 7.32. The fourth-order valence-corrected chi connectivity index (χ4v) is 1.34. The van der Waals surface area contributed by atoms with Crippen LogP contribution in [0.1, 0.15) is 6.42 Å². The molecule has 7 heteroatoms. The summed E-state index contributed by atoms with van der Waals surface area (Å²) in [6.45, 7) is 0.361. The third-order valence-electron chi connectivity index (χ3n) is 2.22. The number of primary amides is 1. The molecule has 1 aromatic rings. The number of nitrogens with two attached hydrogens (primary N) is 2. The van der Waals surface area contributed by atoms with Crippen LogP contribution in [0.15, 0.2) is 24.3 Å². The zero-order chi connectivity index (χ0) is 14.3. The van der Waals surface area contributed by atoms with E-state index in [1.165, 1.54) is 18.2 Å². The van der Waals surface area contributed by atoms with Crippen LogP contribution in [0, 0.1) is 5.82 Å². The van der Waals surface area contributed by atoms with Gasteiger partial charge in [-0.05, 0) is 12.1 Å². The predicted molar refractivity (Wildman–Crippen MR) is 66.7 cm³/mol. The van der Waals surface area contributed by atoms with E-state index in [2.05, 4.69) is 5.32 Å². The van der Waals surface area contributed by atoms with Gasteiger partial charge >= 0.3 is 0 Å². The third kappa shape index (κ3) is 5.82. The molecule has 0 bridgehead atoms. The van der Waals surface area contributed by atoms with Crippen molar-refractivity contribution in [1.82, 2.24) is 5.32 Å². The van der Waals surface area contributed by atoms with Crippen LogP contribution in [0.3, 0.4) is 0 Å². The van der Waals surface area contributed by atoms with Gasteiger partial charge in [0.05, 0.1) is 19.0 Å². The summed E-state index contributed by atoms with van der Waals surface area (Å²) in [6, 6.07) is 4.69. The number of halogens is 1. The maximum atomic E-state index is 12.8. The van der Waals surface area contributed by atoms with Crippen molar-refractivity contribution in [2.75, 3.05) is 13.2 Å². The Morgan fingerprint density at radius 3 is 2.79 bits per heavy atom. The molecule has 2 amide bonds. The number of amides is 2. The molecule has 0 heterocycles. The average molecular weight is 269 g/mol. The standard InChI is InChI=1S/C12H16FN3O3/c13-8-2-1-3-9(6-8)19-5-4-16-12(18)10(14)7-11(15)17/h1-3,6,10H,4-5,7,14H2,(H2,15,17)(H,16,18)/t10-/m0/s1. The van der Waals surface area contributed by atoms with E-state index in [-0.39, 0.29) is 19.6 Å². The number of ether oxygens (including phenoxy) is 1. The van der Waals surface area contributed by atoms with E-state index in [4.69, 9.17) is 16.2 Å². The lowest BCUT2D eigenvalue weighted by Gasteiger charge is -2.11. The Labute approximate surface area is 109 Å². The number of benzene rings is 1. The normalized spacial score (nSPS) is 11.7. The summed E-state index contributed by atoms with van der Waals surface area (Å²) in [5.74, 6) is -1.15. The summed E-state index contributed by atoms with van der Waals surface area (Å²) in [5, 5.41) is 2.48. The average Bonchev–Trinajstić information content (AvgIpc) is 2.33. The van der Waals surface area contributed by atoms with Crippen LogP contribution in [-0.4, -0.2) is 31.0 Å². The molecule has 104 valence electrons. The van der Waals surface area contributed by atoms with Gasteiger partial charge in [0.15, 0.2) is 0 Å². The number of carbonyl (C=O) groups is 2. The number of hydrogen-bond donors (Lipinski definition) is 3. The SMILES string of the molecule is NC(=O)C[C@H](N)C(=O)NCCOc1cccc(F)c1. The van der Waals surface area contributed by atoms with Crippen LogP contribution < -0.4 is 21.5 Å². The van der Waals surface area contributed by atoms with Gasteiger partial charge in [0.1, 0.15) is 18.2 Å². The molecule has 0 fully saturated rings. The van der Waals surface area contributed by atoms with Crippen molar-refractivity contribution in [3.63, 3.8) is 0 Å². The van der Waals surface area contributed by atoms with Crippen molar-refractivity contribution in [2.24, 2.45) is 11.5 Å². The Kier molecular flexibility index (Phi) is 5.74. The van der Waals surface area contributed by atoms with Gasteiger partial charge in [-0.1, -0.05) is 6.07 Å². The molecular formula is C12H16FN3O3. The highest BCUT2D eigenvalue weighted by Gasteiger charge is 2.15. The maximum absolute atomic E-state index is 12.8. The lowest BCUT2D eigenvalue weighted by atomic mass is 10.2. The topological polar surface area (TPSA) is 107 Å². The Morgan fingerprint density at radius 2 is 2.16 bits per heavy atom. The molecule has 0 aliphatic carbocycles. The minimum absolute atomic E-state index is 0.165.